The summed E-state index contributed by atoms with van der Waals surface area (Å²) < 4.78 is 5.62. The molecule has 4 fully saturated rings. The van der Waals surface area contributed by atoms with Gasteiger partial charge in [-0.25, -0.2) is 0 Å². The highest BCUT2D eigenvalue weighted by Gasteiger charge is 2.55. The lowest BCUT2D eigenvalue weighted by Crippen LogP contribution is -2.51. The second kappa shape index (κ2) is 4.06. The van der Waals surface area contributed by atoms with Crippen molar-refractivity contribution in [1.82, 2.24) is 4.98 Å². The van der Waals surface area contributed by atoms with E-state index in [0.717, 1.165) is 37.0 Å². The van der Waals surface area contributed by atoms with Gasteiger partial charge in [-0.2, -0.15) is 0 Å². The summed E-state index contributed by atoms with van der Waals surface area (Å²) in [6.07, 6.45) is 10.6. The van der Waals surface area contributed by atoms with Crippen molar-refractivity contribution in [3.8, 4) is 5.75 Å². The second-order valence-corrected chi connectivity index (χ2v) is 6.77. The second-order valence-electron chi connectivity index (χ2n) is 6.77. The molecule has 5 rings (SSSR count). The van der Waals surface area contributed by atoms with Crippen molar-refractivity contribution in [3.05, 3.63) is 24.5 Å². The minimum Gasteiger partial charge on any atom is -0.426 e. The largest absolute Gasteiger partial charge is 0.426 e. The van der Waals surface area contributed by atoms with Gasteiger partial charge in [0, 0.05) is 12.4 Å². The van der Waals surface area contributed by atoms with Crippen LogP contribution in [0, 0.1) is 23.2 Å². The molecule has 0 aliphatic heterocycles. The first-order valence-electron chi connectivity index (χ1n) is 7.36. The summed E-state index contributed by atoms with van der Waals surface area (Å²) in [5, 5.41) is 0. The first kappa shape index (κ1) is 11.4. The van der Waals surface area contributed by atoms with Crippen molar-refractivity contribution in [2.75, 3.05) is 0 Å². The van der Waals surface area contributed by atoms with E-state index in [0.29, 0.717) is 5.75 Å². The average Bonchev–Trinajstić information content (AvgIpc) is 2.38. The lowest BCUT2D eigenvalue weighted by molar-refractivity contribution is -0.161. The number of esters is 1. The van der Waals surface area contributed by atoms with Crippen LogP contribution in [0.2, 0.25) is 0 Å². The minimum absolute atomic E-state index is 0.0119. The SMILES string of the molecule is O=C(Oc1ccncc1)C12CC3CC(CC(C3)C1)C2. The van der Waals surface area contributed by atoms with Crippen molar-refractivity contribution >= 4 is 5.97 Å². The molecule has 3 heteroatoms. The van der Waals surface area contributed by atoms with Gasteiger partial charge in [0.25, 0.3) is 0 Å². The lowest BCUT2D eigenvalue weighted by Gasteiger charge is -2.55. The standard InChI is InChI=1S/C16H19NO2/c18-15(19-14-1-3-17-4-2-14)16-8-11-5-12(9-16)7-13(6-11)10-16/h1-4,11-13H,5-10H2. The summed E-state index contributed by atoms with van der Waals surface area (Å²) in [6, 6.07) is 3.52. The number of aromatic nitrogens is 1. The number of rotatable bonds is 2. The number of pyridine rings is 1. The van der Waals surface area contributed by atoms with Gasteiger partial charge in [-0.05, 0) is 68.4 Å². The van der Waals surface area contributed by atoms with Crippen LogP contribution in [-0.4, -0.2) is 11.0 Å². The maximum absolute atomic E-state index is 12.6. The van der Waals surface area contributed by atoms with Gasteiger partial charge in [0.2, 0.25) is 0 Å². The third-order valence-corrected chi connectivity index (χ3v) is 5.33. The number of carbonyl (C=O) groups is 1. The Hall–Kier alpha value is -1.38. The molecule has 4 aliphatic rings. The molecule has 4 saturated carbocycles. The van der Waals surface area contributed by atoms with Crippen LogP contribution >= 0.6 is 0 Å². The third-order valence-electron chi connectivity index (χ3n) is 5.33. The van der Waals surface area contributed by atoms with Crippen LogP contribution in [0.25, 0.3) is 0 Å². The predicted octanol–water partition coefficient (Wildman–Crippen LogP) is 3.20. The van der Waals surface area contributed by atoms with E-state index in [-0.39, 0.29) is 11.4 Å². The molecule has 0 amide bonds. The van der Waals surface area contributed by atoms with E-state index in [1.165, 1.54) is 19.3 Å². The predicted molar refractivity (Wildman–Crippen MR) is 70.5 cm³/mol. The molecule has 0 saturated heterocycles. The molecule has 0 radical (unpaired) electrons. The van der Waals surface area contributed by atoms with Crippen LogP contribution in [0.4, 0.5) is 0 Å². The van der Waals surface area contributed by atoms with E-state index >= 15 is 0 Å². The van der Waals surface area contributed by atoms with Crippen molar-refractivity contribution in [2.45, 2.75) is 38.5 Å². The maximum atomic E-state index is 12.6. The van der Waals surface area contributed by atoms with Gasteiger partial charge in [0.05, 0.1) is 5.41 Å². The van der Waals surface area contributed by atoms with Crippen molar-refractivity contribution in [3.63, 3.8) is 0 Å². The minimum atomic E-state index is -0.169. The molecule has 0 unspecified atom stereocenters. The molecule has 4 bridgehead atoms. The fraction of sp³-hybridized carbons (Fsp3) is 0.625. The van der Waals surface area contributed by atoms with Crippen LogP contribution in [-0.2, 0) is 4.79 Å². The van der Waals surface area contributed by atoms with Crippen molar-refractivity contribution in [1.29, 1.82) is 0 Å². The lowest BCUT2D eigenvalue weighted by atomic mass is 9.49. The van der Waals surface area contributed by atoms with Crippen molar-refractivity contribution < 1.29 is 9.53 Å². The van der Waals surface area contributed by atoms with E-state index in [2.05, 4.69) is 4.98 Å². The summed E-state index contributed by atoms with van der Waals surface area (Å²) >= 11 is 0. The molecular formula is C16H19NO2. The van der Waals surface area contributed by atoms with Gasteiger partial charge in [0.1, 0.15) is 5.75 Å². The molecule has 1 aromatic rings. The number of hydrogen-bond acceptors (Lipinski definition) is 3. The molecule has 3 nitrogen and oxygen atoms in total. The summed E-state index contributed by atoms with van der Waals surface area (Å²) in [6.45, 7) is 0. The Morgan fingerprint density at radius 2 is 1.58 bits per heavy atom. The van der Waals surface area contributed by atoms with E-state index in [4.69, 9.17) is 4.74 Å². The maximum Gasteiger partial charge on any atom is 0.317 e. The van der Waals surface area contributed by atoms with Crippen LogP contribution in [0.5, 0.6) is 5.75 Å². The van der Waals surface area contributed by atoms with Gasteiger partial charge < -0.3 is 4.74 Å². The Kier molecular flexibility index (Phi) is 2.44. The molecule has 4 aliphatic carbocycles. The zero-order chi connectivity index (χ0) is 12.9. The number of ether oxygens (including phenoxy) is 1. The molecule has 19 heavy (non-hydrogen) atoms. The van der Waals surface area contributed by atoms with Crippen LogP contribution in [0.3, 0.4) is 0 Å². The normalized spacial score (nSPS) is 39.3. The van der Waals surface area contributed by atoms with Gasteiger partial charge in [-0.15, -0.1) is 0 Å². The summed E-state index contributed by atoms with van der Waals surface area (Å²) in [7, 11) is 0. The fourth-order valence-electron chi connectivity index (χ4n) is 4.98. The summed E-state index contributed by atoms with van der Waals surface area (Å²) in [4.78, 5) is 16.6. The molecule has 0 spiro atoms. The van der Waals surface area contributed by atoms with Gasteiger partial charge in [0.15, 0.2) is 0 Å². The van der Waals surface area contributed by atoms with Gasteiger partial charge in [-0.1, -0.05) is 0 Å². The topological polar surface area (TPSA) is 39.2 Å². The van der Waals surface area contributed by atoms with Crippen LogP contribution in [0.1, 0.15) is 38.5 Å². The average molecular weight is 257 g/mol. The van der Waals surface area contributed by atoms with Gasteiger partial charge in [-0.3, -0.25) is 9.78 Å². The first-order valence-corrected chi connectivity index (χ1v) is 7.36. The Bertz CT molecular complexity index is 461. The quantitative estimate of drug-likeness (QED) is 0.764. The summed E-state index contributed by atoms with van der Waals surface area (Å²) in [5.41, 5.74) is -0.169. The van der Waals surface area contributed by atoms with Crippen LogP contribution in [0.15, 0.2) is 24.5 Å². The molecular weight excluding hydrogens is 238 g/mol. The number of nitrogens with zero attached hydrogens (tertiary/aromatic N) is 1. The monoisotopic (exact) mass is 257 g/mol. The molecule has 0 N–H and O–H groups in total. The molecule has 0 atom stereocenters. The first-order chi connectivity index (χ1) is 9.23. The Balaban J connectivity index is 1.56. The zero-order valence-electron chi connectivity index (χ0n) is 11.0. The number of carbonyl (C=O) groups excluding carboxylic acids is 1. The van der Waals surface area contributed by atoms with Crippen molar-refractivity contribution in [2.24, 2.45) is 23.2 Å². The smallest absolute Gasteiger partial charge is 0.317 e. The molecule has 1 aromatic heterocycles. The van der Waals surface area contributed by atoms with Gasteiger partial charge >= 0.3 is 5.97 Å². The van der Waals surface area contributed by atoms with E-state index in [1.807, 2.05) is 0 Å². The highest BCUT2D eigenvalue weighted by atomic mass is 16.5. The fourth-order valence-corrected chi connectivity index (χ4v) is 4.98. The molecule has 1 heterocycles. The molecule has 100 valence electrons. The Morgan fingerprint density at radius 3 is 2.11 bits per heavy atom. The Labute approximate surface area is 113 Å². The summed E-state index contributed by atoms with van der Waals surface area (Å²) in [5.74, 6) is 2.97. The van der Waals surface area contributed by atoms with E-state index in [1.54, 1.807) is 24.5 Å². The third kappa shape index (κ3) is 1.87. The highest BCUT2D eigenvalue weighted by Crippen LogP contribution is 2.60. The molecule has 0 aromatic carbocycles. The zero-order valence-corrected chi connectivity index (χ0v) is 11.0. The van der Waals surface area contributed by atoms with Crippen LogP contribution < -0.4 is 4.74 Å². The highest BCUT2D eigenvalue weighted by molar-refractivity contribution is 5.79. The van der Waals surface area contributed by atoms with E-state index < -0.39 is 0 Å². The van der Waals surface area contributed by atoms with E-state index in [9.17, 15) is 4.79 Å². The Morgan fingerprint density at radius 1 is 1.05 bits per heavy atom. The number of hydrogen-bond donors (Lipinski definition) is 0.